The van der Waals surface area contributed by atoms with Gasteiger partial charge in [0.15, 0.2) is 0 Å². The number of fused-ring (bicyclic) bond motifs is 2. The minimum atomic E-state index is -0.310. The van der Waals surface area contributed by atoms with E-state index in [-0.39, 0.29) is 11.9 Å². The number of benzene rings is 2. The molecule has 4 aromatic rings. The second-order valence-electron chi connectivity index (χ2n) is 7.32. The summed E-state index contributed by atoms with van der Waals surface area (Å²) in [6, 6.07) is 17.2. The van der Waals surface area contributed by atoms with E-state index in [2.05, 4.69) is 9.97 Å². The fourth-order valence-electron chi connectivity index (χ4n) is 4.02. The van der Waals surface area contributed by atoms with Gasteiger partial charge in [-0.05, 0) is 36.2 Å². The number of halogens is 1. The predicted octanol–water partition coefficient (Wildman–Crippen LogP) is 4.92. The van der Waals surface area contributed by atoms with Gasteiger partial charge in [-0.2, -0.15) is 0 Å². The number of nitrogens with one attached hydrogen (secondary N) is 1. The molecule has 0 unspecified atom stereocenters. The summed E-state index contributed by atoms with van der Waals surface area (Å²) in [6.07, 6.45) is 3.56. The zero-order valence-corrected chi connectivity index (χ0v) is 16.5. The Morgan fingerprint density at radius 3 is 2.86 bits per heavy atom. The van der Waals surface area contributed by atoms with Crippen molar-refractivity contribution in [3.63, 3.8) is 0 Å². The predicted molar refractivity (Wildman–Crippen MR) is 112 cm³/mol. The molecule has 0 saturated carbocycles. The van der Waals surface area contributed by atoms with Crippen LogP contribution in [0.5, 0.6) is 0 Å². The summed E-state index contributed by atoms with van der Waals surface area (Å²) < 4.78 is 6.13. The fourth-order valence-corrected chi connectivity index (χ4v) is 4.14. The number of nitrogens with zero attached hydrogens (tertiary/aromatic N) is 2. The molecule has 0 spiro atoms. The first-order chi connectivity index (χ1) is 14.2. The lowest BCUT2D eigenvalue weighted by Gasteiger charge is -2.33. The van der Waals surface area contributed by atoms with E-state index in [1.165, 1.54) is 0 Å². The Balaban J connectivity index is 1.44. The van der Waals surface area contributed by atoms with Crippen LogP contribution < -0.4 is 0 Å². The zero-order chi connectivity index (χ0) is 19.8. The molecule has 1 atom stereocenters. The number of hydrogen-bond acceptors (Lipinski definition) is 3. The van der Waals surface area contributed by atoms with Crippen molar-refractivity contribution in [2.24, 2.45) is 0 Å². The van der Waals surface area contributed by atoms with E-state index in [4.69, 9.17) is 16.0 Å². The highest BCUT2D eigenvalue weighted by atomic mass is 35.5. The number of para-hydroxylation sites is 1. The summed E-state index contributed by atoms with van der Waals surface area (Å²) in [5, 5.41) is 1.73. The van der Waals surface area contributed by atoms with Crippen LogP contribution in [0, 0.1) is 0 Å². The highest BCUT2D eigenvalue weighted by Gasteiger charge is 2.36. The lowest BCUT2D eigenvalue weighted by molar-refractivity contribution is -0.133. The molecule has 5 rings (SSSR count). The summed E-state index contributed by atoms with van der Waals surface area (Å²) in [5.41, 5.74) is 3.85. The van der Waals surface area contributed by atoms with Gasteiger partial charge in [0.25, 0.3) is 0 Å². The minimum Gasteiger partial charge on any atom is -0.458 e. The molecule has 6 heteroatoms. The Morgan fingerprint density at radius 2 is 2.03 bits per heavy atom. The number of rotatable bonds is 4. The third-order valence-corrected chi connectivity index (χ3v) is 5.75. The van der Waals surface area contributed by atoms with Gasteiger partial charge in [0.1, 0.15) is 17.4 Å². The lowest BCUT2D eigenvalue weighted by Crippen LogP contribution is -2.40. The first-order valence-corrected chi connectivity index (χ1v) is 10.1. The Hall–Kier alpha value is -3.05. The summed E-state index contributed by atoms with van der Waals surface area (Å²) in [5.74, 6) is 0.846. The summed E-state index contributed by atoms with van der Waals surface area (Å²) in [4.78, 5) is 22.8. The van der Waals surface area contributed by atoms with Crippen LogP contribution >= 0.6 is 11.6 Å². The van der Waals surface area contributed by atoms with Gasteiger partial charge in [-0.15, -0.1) is 0 Å². The zero-order valence-electron chi connectivity index (χ0n) is 15.8. The maximum absolute atomic E-state index is 13.2. The Bertz CT molecular complexity index is 1130. The molecule has 1 aliphatic rings. The standard InChI is InChI=1S/C23H20ClN3O2/c24-17-8-5-15(6-9-17)7-10-21(28)27-12-11-18-22(26-14-25-18)23(27)20-13-16-3-1-2-4-19(16)29-20/h1-6,8-9,13-14,23H,7,10-12H2,(H,25,26)/t23-/m0/s1. The number of carbonyl (C=O) groups excluding carboxylic acids is 1. The highest BCUT2D eigenvalue weighted by molar-refractivity contribution is 6.30. The van der Waals surface area contributed by atoms with Crippen molar-refractivity contribution in [1.82, 2.24) is 14.9 Å². The topological polar surface area (TPSA) is 62.1 Å². The fraction of sp³-hybridized carbons (Fsp3) is 0.217. The number of aromatic nitrogens is 2. The van der Waals surface area contributed by atoms with Gasteiger partial charge in [0.05, 0.1) is 12.0 Å². The Labute approximate surface area is 173 Å². The Kier molecular flexibility index (Phi) is 4.60. The largest absolute Gasteiger partial charge is 0.458 e. The number of aromatic amines is 1. The van der Waals surface area contributed by atoms with Crippen LogP contribution in [-0.4, -0.2) is 27.3 Å². The average Bonchev–Trinajstić information content (AvgIpc) is 3.39. The quantitative estimate of drug-likeness (QED) is 0.524. The van der Waals surface area contributed by atoms with Crippen molar-refractivity contribution in [1.29, 1.82) is 0 Å². The van der Waals surface area contributed by atoms with Crippen LogP contribution in [0.15, 0.2) is 65.3 Å². The van der Waals surface area contributed by atoms with E-state index < -0.39 is 0 Å². The third-order valence-electron chi connectivity index (χ3n) is 5.50. The van der Waals surface area contributed by atoms with Crippen LogP contribution in [0.2, 0.25) is 5.02 Å². The second kappa shape index (κ2) is 7.41. The maximum atomic E-state index is 13.2. The van der Waals surface area contributed by atoms with E-state index in [0.29, 0.717) is 24.4 Å². The molecular weight excluding hydrogens is 386 g/mol. The van der Waals surface area contributed by atoms with Crippen molar-refractivity contribution in [2.75, 3.05) is 6.54 Å². The van der Waals surface area contributed by atoms with E-state index in [9.17, 15) is 4.79 Å². The van der Waals surface area contributed by atoms with Gasteiger partial charge in [-0.25, -0.2) is 4.98 Å². The molecule has 3 heterocycles. The molecule has 0 radical (unpaired) electrons. The van der Waals surface area contributed by atoms with Crippen molar-refractivity contribution in [3.8, 4) is 0 Å². The van der Waals surface area contributed by atoms with Gasteiger partial charge < -0.3 is 14.3 Å². The molecule has 5 nitrogen and oxygen atoms in total. The monoisotopic (exact) mass is 405 g/mol. The van der Waals surface area contributed by atoms with Crippen LogP contribution in [0.1, 0.15) is 35.2 Å². The number of H-pyrrole nitrogens is 1. The van der Waals surface area contributed by atoms with Crippen LogP contribution in [-0.2, 0) is 17.6 Å². The number of furan rings is 1. The van der Waals surface area contributed by atoms with Gasteiger partial charge in [-0.3, -0.25) is 4.79 Å². The van der Waals surface area contributed by atoms with Gasteiger partial charge in [0, 0.05) is 35.5 Å². The maximum Gasteiger partial charge on any atom is 0.223 e. The molecule has 0 aliphatic carbocycles. The second-order valence-corrected chi connectivity index (χ2v) is 7.76. The van der Waals surface area contributed by atoms with Crippen LogP contribution in [0.4, 0.5) is 0 Å². The summed E-state index contributed by atoms with van der Waals surface area (Å²) in [7, 11) is 0. The van der Waals surface area contributed by atoms with Crippen molar-refractivity contribution >= 4 is 28.5 Å². The molecule has 2 aromatic carbocycles. The van der Waals surface area contributed by atoms with E-state index in [1.807, 2.05) is 59.5 Å². The Morgan fingerprint density at radius 1 is 1.21 bits per heavy atom. The normalized spacial score (nSPS) is 16.2. The van der Waals surface area contributed by atoms with Crippen LogP contribution in [0.25, 0.3) is 11.0 Å². The molecule has 0 fully saturated rings. The lowest BCUT2D eigenvalue weighted by atomic mass is 9.99. The number of imidazole rings is 1. The average molecular weight is 406 g/mol. The molecule has 29 heavy (non-hydrogen) atoms. The van der Waals surface area contributed by atoms with Gasteiger partial charge in [0.2, 0.25) is 5.91 Å². The van der Waals surface area contributed by atoms with Crippen molar-refractivity contribution in [3.05, 3.63) is 88.7 Å². The number of aryl methyl sites for hydroxylation is 1. The number of hydrogen-bond donors (Lipinski definition) is 1. The van der Waals surface area contributed by atoms with Gasteiger partial charge >= 0.3 is 0 Å². The summed E-state index contributed by atoms with van der Waals surface area (Å²) in [6.45, 7) is 0.635. The van der Waals surface area contributed by atoms with E-state index in [0.717, 1.165) is 40.1 Å². The smallest absolute Gasteiger partial charge is 0.223 e. The highest BCUT2D eigenvalue weighted by Crippen LogP contribution is 2.36. The molecular formula is C23H20ClN3O2. The molecule has 1 aliphatic heterocycles. The molecule has 1 N–H and O–H groups in total. The van der Waals surface area contributed by atoms with Gasteiger partial charge in [-0.1, -0.05) is 41.9 Å². The minimum absolute atomic E-state index is 0.0963. The molecule has 0 saturated heterocycles. The van der Waals surface area contributed by atoms with Crippen molar-refractivity contribution < 1.29 is 9.21 Å². The van der Waals surface area contributed by atoms with Crippen LogP contribution in [0.3, 0.4) is 0 Å². The number of amides is 1. The van der Waals surface area contributed by atoms with E-state index >= 15 is 0 Å². The first kappa shape index (κ1) is 18.0. The number of carbonyl (C=O) groups is 1. The van der Waals surface area contributed by atoms with Crippen molar-refractivity contribution in [2.45, 2.75) is 25.3 Å². The van der Waals surface area contributed by atoms with E-state index in [1.54, 1.807) is 6.33 Å². The molecule has 1 amide bonds. The summed E-state index contributed by atoms with van der Waals surface area (Å²) >= 11 is 5.96. The molecule has 146 valence electrons. The SMILES string of the molecule is O=C(CCc1ccc(Cl)cc1)N1CCc2[nH]cnc2[C@@H]1c1cc2ccccc2o1. The third kappa shape index (κ3) is 3.42. The molecule has 2 aromatic heterocycles. The first-order valence-electron chi connectivity index (χ1n) is 9.73. The molecule has 0 bridgehead atoms.